The van der Waals surface area contributed by atoms with Crippen molar-refractivity contribution in [1.82, 2.24) is 10.3 Å². The molecule has 0 unspecified atom stereocenters. The quantitative estimate of drug-likeness (QED) is 0.735. The Balaban J connectivity index is 1.92. The van der Waals surface area contributed by atoms with Gasteiger partial charge in [-0.15, -0.1) is 0 Å². The van der Waals surface area contributed by atoms with E-state index in [9.17, 15) is 4.79 Å². The average molecular weight is 202 g/mol. The van der Waals surface area contributed by atoms with Crippen LogP contribution in [-0.2, 0) is 13.0 Å². The second-order valence-electron chi connectivity index (χ2n) is 4.37. The van der Waals surface area contributed by atoms with E-state index in [0.717, 1.165) is 38.0 Å². The molecule has 3 heteroatoms. The van der Waals surface area contributed by atoms with Crippen molar-refractivity contribution in [3.8, 4) is 0 Å². The standard InChI is InChI=1S/C12H14N2O/c15-12(8-1-2-8)11-4-3-9-7-13-6-5-10(9)14-11/h3-4,8,13H,1-2,5-7H2. The summed E-state index contributed by atoms with van der Waals surface area (Å²) in [5.74, 6) is 0.522. The average Bonchev–Trinajstić information content (AvgIpc) is 3.11. The van der Waals surface area contributed by atoms with Gasteiger partial charge < -0.3 is 5.32 Å². The van der Waals surface area contributed by atoms with E-state index in [4.69, 9.17) is 0 Å². The maximum Gasteiger partial charge on any atom is 0.184 e. The summed E-state index contributed by atoms with van der Waals surface area (Å²) in [7, 11) is 0. The molecule has 2 heterocycles. The van der Waals surface area contributed by atoms with Crippen LogP contribution in [0.25, 0.3) is 0 Å². The van der Waals surface area contributed by atoms with Crippen molar-refractivity contribution in [1.29, 1.82) is 0 Å². The number of aromatic nitrogens is 1. The van der Waals surface area contributed by atoms with Crippen LogP contribution in [0.15, 0.2) is 12.1 Å². The number of carbonyl (C=O) groups is 1. The van der Waals surface area contributed by atoms with Crippen LogP contribution in [0.4, 0.5) is 0 Å². The molecular formula is C12H14N2O. The molecule has 1 aromatic rings. The third-order valence-electron chi connectivity index (χ3n) is 3.12. The number of Topliss-reactive ketones (excluding diaryl/α,β-unsaturated/α-hetero) is 1. The van der Waals surface area contributed by atoms with E-state index in [-0.39, 0.29) is 11.7 Å². The summed E-state index contributed by atoms with van der Waals surface area (Å²) in [6.45, 7) is 1.86. The van der Waals surface area contributed by atoms with Crippen LogP contribution in [0.3, 0.4) is 0 Å². The van der Waals surface area contributed by atoms with Gasteiger partial charge in [0.05, 0.1) is 0 Å². The van der Waals surface area contributed by atoms with Crippen molar-refractivity contribution >= 4 is 5.78 Å². The molecule has 15 heavy (non-hydrogen) atoms. The molecule has 3 nitrogen and oxygen atoms in total. The molecule has 1 N–H and O–H groups in total. The van der Waals surface area contributed by atoms with Crippen LogP contribution in [0, 0.1) is 5.92 Å². The number of fused-ring (bicyclic) bond motifs is 1. The summed E-state index contributed by atoms with van der Waals surface area (Å²) in [6, 6.07) is 3.93. The fraction of sp³-hybridized carbons (Fsp3) is 0.500. The smallest absolute Gasteiger partial charge is 0.184 e. The highest BCUT2D eigenvalue weighted by molar-refractivity contribution is 5.97. The number of rotatable bonds is 2. The van der Waals surface area contributed by atoms with E-state index >= 15 is 0 Å². The molecule has 0 radical (unpaired) electrons. The molecule has 0 saturated heterocycles. The van der Waals surface area contributed by atoms with Crippen LogP contribution < -0.4 is 5.32 Å². The van der Waals surface area contributed by atoms with E-state index in [0.29, 0.717) is 5.69 Å². The first-order valence-electron chi connectivity index (χ1n) is 5.58. The van der Waals surface area contributed by atoms with Gasteiger partial charge in [-0.3, -0.25) is 4.79 Å². The molecule has 2 aliphatic rings. The van der Waals surface area contributed by atoms with Crippen LogP contribution >= 0.6 is 0 Å². The van der Waals surface area contributed by atoms with Crippen LogP contribution in [0.5, 0.6) is 0 Å². The zero-order valence-corrected chi connectivity index (χ0v) is 8.62. The molecular weight excluding hydrogens is 188 g/mol. The Hall–Kier alpha value is -1.22. The highest BCUT2D eigenvalue weighted by atomic mass is 16.1. The highest BCUT2D eigenvalue weighted by Gasteiger charge is 2.31. The largest absolute Gasteiger partial charge is 0.312 e. The molecule has 1 aliphatic heterocycles. The number of pyridine rings is 1. The minimum atomic E-state index is 0.247. The van der Waals surface area contributed by atoms with Gasteiger partial charge in [0.25, 0.3) is 0 Å². The Bertz CT molecular complexity index is 410. The maximum absolute atomic E-state index is 11.8. The summed E-state index contributed by atoms with van der Waals surface area (Å²) in [4.78, 5) is 16.3. The number of hydrogen-bond acceptors (Lipinski definition) is 3. The molecule has 0 aromatic carbocycles. The molecule has 78 valence electrons. The second kappa shape index (κ2) is 3.42. The van der Waals surface area contributed by atoms with Gasteiger partial charge in [0.2, 0.25) is 0 Å². The third kappa shape index (κ3) is 1.67. The summed E-state index contributed by atoms with van der Waals surface area (Å²) in [5.41, 5.74) is 3.03. The Morgan fingerprint density at radius 1 is 1.40 bits per heavy atom. The molecule has 1 fully saturated rings. The van der Waals surface area contributed by atoms with Gasteiger partial charge in [0, 0.05) is 31.1 Å². The Kier molecular flexibility index (Phi) is 2.06. The molecule has 1 saturated carbocycles. The number of nitrogens with zero attached hydrogens (tertiary/aromatic N) is 1. The highest BCUT2D eigenvalue weighted by Crippen LogP contribution is 2.32. The topological polar surface area (TPSA) is 42.0 Å². The number of nitrogens with one attached hydrogen (secondary N) is 1. The summed E-state index contributed by atoms with van der Waals surface area (Å²) >= 11 is 0. The lowest BCUT2D eigenvalue weighted by atomic mass is 10.0. The summed E-state index contributed by atoms with van der Waals surface area (Å²) in [5, 5.41) is 3.30. The number of carbonyl (C=O) groups excluding carboxylic acids is 1. The monoisotopic (exact) mass is 202 g/mol. The molecule has 1 aromatic heterocycles. The second-order valence-corrected chi connectivity index (χ2v) is 4.37. The van der Waals surface area contributed by atoms with Crippen LogP contribution in [0.1, 0.15) is 34.6 Å². The maximum atomic E-state index is 11.8. The van der Waals surface area contributed by atoms with Gasteiger partial charge in [0.15, 0.2) is 5.78 Å². The van der Waals surface area contributed by atoms with Crippen LogP contribution in [-0.4, -0.2) is 17.3 Å². The van der Waals surface area contributed by atoms with E-state index in [1.54, 1.807) is 0 Å². The Labute approximate surface area is 88.9 Å². The van der Waals surface area contributed by atoms with Crippen molar-refractivity contribution < 1.29 is 4.79 Å². The fourth-order valence-corrected chi connectivity index (χ4v) is 2.03. The predicted molar refractivity (Wildman–Crippen MR) is 56.7 cm³/mol. The van der Waals surface area contributed by atoms with Crippen molar-refractivity contribution in [2.24, 2.45) is 5.92 Å². The molecule has 1 aliphatic carbocycles. The number of ketones is 1. The van der Waals surface area contributed by atoms with Crippen molar-refractivity contribution in [2.75, 3.05) is 6.54 Å². The molecule has 0 amide bonds. The van der Waals surface area contributed by atoms with E-state index < -0.39 is 0 Å². The SMILES string of the molecule is O=C(c1ccc2c(n1)CCNC2)C1CC1. The fourth-order valence-electron chi connectivity index (χ4n) is 2.03. The van der Waals surface area contributed by atoms with Crippen LogP contribution in [0.2, 0.25) is 0 Å². The summed E-state index contributed by atoms with van der Waals surface area (Å²) in [6.07, 6.45) is 3.05. The first-order valence-corrected chi connectivity index (χ1v) is 5.58. The minimum Gasteiger partial charge on any atom is -0.312 e. The van der Waals surface area contributed by atoms with Gasteiger partial charge in [0.1, 0.15) is 5.69 Å². The lowest BCUT2D eigenvalue weighted by Crippen LogP contribution is -2.25. The Morgan fingerprint density at radius 2 is 2.27 bits per heavy atom. The van der Waals surface area contributed by atoms with E-state index in [1.165, 1.54) is 5.56 Å². The van der Waals surface area contributed by atoms with Crippen molar-refractivity contribution in [3.05, 3.63) is 29.1 Å². The third-order valence-corrected chi connectivity index (χ3v) is 3.12. The molecule has 0 atom stereocenters. The zero-order chi connectivity index (χ0) is 10.3. The number of hydrogen-bond donors (Lipinski definition) is 1. The van der Waals surface area contributed by atoms with E-state index in [2.05, 4.69) is 10.3 Å². The van der Waals surface area contributed by atoms with Gasteiger partial charge >= 0.3 is 0 Å². The normalized spacial score (nSPS) is 19.7. The Morgan fingerprint density at radius 3 is 3.07 bits per heavy atom. The lowest BCUT2D eigenvalue weighted by Gasteiger charge is -2.16. The zero-order valence-electron chi connectivity index (χ0n) is 8.62. The van der Waals surface area contributed by atoms with Gasteiger partial charge in [-0.05, 0) is 24.5 Å². The first kappa shape index (κ1) is 9.04. The van der Waals surface area contributed by atoms with E-state index in [1.807, 2.05) is 12.1 Å². The van der Waals surface area contributed by atoms with Crippen molar-refractivity contribution in [2.45, 2.75) is 25.8 Å². The van der Waals surface area contributed by atoms with Gasteiger partial charge in [-0.1, -0.05) is 6.07 Å². The van der Waals surface area contributed by atoms with Gasteiger partial charge in [-0.2, -0.15) is 0 Å². The first-order chi connectivity index (χ1) is 7.34. The predicted octanol–water partition coefficient (Wildman–Crippen LogP) is 1.32. The van der Waals surface area contributed by atoms with Gasteiger partial charge in [-0.25, -0.2) is 4.98 Å². The van der Waals surface area contributed by atoms with Crippen molar-refractivity contribution in [3.63, 3.8) is 0 Å². The summed E-state index contributed by atoms with van der Waals surface area (Å²) < 4.78 is 0. The molecule has 0 spiro atoms. The minimum absolute atomic E-state index is 0.247. The lowest BCUT2D eigenvalue weighted by molar-refractivity contribution is 0.0962. The molecule has 3 rings (SSSR count). The molecule has 0 bridgehead atoms.